The van der Waals surface area contributed by atoms with Gasteiger partial charge in [-0.15, -0.1) is 0 Å². The Hall–Kier alpha value is -4.40. The number of aliphatic hydroxyl groups excluding tert-OH is 2. The first kappa shape index (κ1) is 33.0. The number of hydrogen-bond donors (Lipinski definition) is 3. The van der Waals surface area contributed by atoms with Crippen LogP contribution in [0.3, 0.4) is 0 Å². The van der Waals surface area contributed by atoms with Gasteiger partial charge in [-0.2, -0.15) is 14.0 Å². The predicted molar refractivity (Wildman–Crippen MR) is 168 cm³/mol. The number of hydrogen-bond acceptors (Lipinski definition) is 8. The molecule has 0 aliphatic carbocycles. The molecule has 0 amide bonds. The largest absolute Gasteiger partial charge is 0.488 e. The maximum Gasteiger partial charge on any atom is 0.427 e. The first-order valence-electron chi connectivity index (χ1n) is 14.5. The van der Waals surface area contributed by atoms with Gasteiger partial charge >= 0.3 is 6.11 Å². The summed E-state index contributed by atoms with van der Waals surface area (Å²) in [5.41, 5.74) is 1.80. The summed E-state index contributed by atoms with van der Waals surface area (Å²) in [7, 11) is 0. The van der Waals surface area contributed by atoms with Gasteiger partial charge < -0.3 is 34.5 Å². The van der Waals surface area contributed by atoms with Gasteiger partial charge in [0.2, 0.25) is 0 Å². The Morgan fingerprint density at radius 2 is 1.70 bits per heavy atom. The van der Waals surface area contributed by atoms with Crippen LogP contribution < -0.4 is 24.3 Å². The molecular formula is C35H33ClF2N2O6. The molecule has 1 aliphatic rings. The van der Waals surface area contributed by atoms with Crippen molar-refractivity contribution in [2.75, 3.05) is 26.4 Å². The highest BCUT2D eigenvalue weighted by Crippen LogP contribution is 2.42. The lowest BCUT2D eigenvalue weighted by Crippen LogP contribution is -2.48. The van der Waals surface area contributed by atoms with E-state index in [1.807, 2.05) is 0 Å². The fourth-order valence-electron chi connectivity index (χ4n) is 4.96. The molecule has 0 atom stereocenters. The molecule has 11 heteroatoms. The van der Waals surface area contributed by atoms with E-state index in [0.29, 0.717) is 58.1 Å². The number of nitrogens with zero attached hydrogens (tertiary/aromatic N) is 1. The topological polar surface area (TPSA) is 113 Å². The van der Waals surface area contributed by atoms with Crippen molar-refractivity contribution < 1.29 is 37.9 Å². The van der Waals surface area contributed by atoms with E-state index in [1.54, 1.807) is 62.4 Å². The Kier molecular flexibility index (Phi) is 9.99. The van der Waals surface area contributed by atoms with Crippen molar-refractivity contribution in [1.82, 2.24) is 5.32 Å². The van der Waals surface area contributed by atoms with Gasteiger partial charge in [-0.3, -0.25) is 0 Å². The molecule has 0 saturated carbocycles. The smallest absolute Gasteiger partial charge is 0.427 e. The van der Waals surface area contributed by atoms with Crippen molar-refractivity contribution in [2.24, 2.45) is 0 Å². The highest BCUT2D eigenvalue weighted by molar-refractivity contribution is 6.32. The van der Waals surface area contributed by atoms with Gasteiger partial charge in [0.1, 0.15) is 31.3 Å². The average molecular weight is 651 g/mol. The Labute approximate surface area is 270 Å². The standard InChI is InChI=1S/C35H33ClF2N2O6/c1-22-27(25-9-10-30-33(15-25)44-12-11-43-30)7-4-8-28(22)35(37,38)46-32-16-31(45-19-24-6-3-5-23(13-24)17-39)26(14-29(32)36)18-40-34(2,20-41)21-42/h3-10,13-16,40-42H,11-12,18-21H2,1-2H3. The molecular weight excluding hydrogens is 618 g/mol. The first-order chi connectivity index (χ1) is 22.1. The minimum Gasteiger partial charge on any atom is -0.488 e. The zero-order valence-corrected chi connectivity index (χ0v) is 26.0. The average Bonchev–Trinajstić information content (AvgIpc) is 3.07. The minimum atomic E-state index is -3.79. The lowest BCUT2D eigenvalue weighted by molar-refractivity contribution is -0.185. The van der Waals surface area contributed by atoms with Gasteiger partial charge in [-0.25, -0.2) is 0 Å². The van der Waals surface area contributed by atoms with Crippen molar-refractivity contribution in [2.45, 2.75) is 38.6 Å². The maximum absolute atomic E-state index is 15.9. The predicted octanol–water partition coefficient (Wildman–Crippen LogP) is 6.50. The van der Waals surface area contributed by atoms with Gasteiger partial charge in [-0.1, -0.05) is 41.9 Å². The fourth-order valence-corrected chi connectivity index (χ4v) is 5.18. The summed E-state index contributed by atoms with van der Waals surface area (Å²) >= 11 is 6.50. The third-order valence-electron chi connectivity index (χ3n) is 7.71. The third-order valence-corrected chi connectivity index (χ3v) is 8.00. The molecule has 5 rings (SSSR count). The first-order valence-corrected chi connectivity index (χ1v) is 14.9. The molecule has 1 aliphatic heterocycles. The van der Waals surface area contributed by atoms with Crippen LogP contribution in [0.25, 0.3) is 11.1 Å². The van der Waals surface area contributed by atoms with Crippen molar-refractivity contribution >= 4 is 11.6 Å². The highest BCUT2D eigenvalue weighted by Gasteiger charge is 2.38. The number of aliphatic hydroxyl groups is 2. The highest BCUT2D eigenvalue weighted by atomic mass is 35.5. The summed E-state index contributed by atoms with van der Waals surface area (Å²) < 4.78 is 54.5. The van der Waals surface area contributed by atoms with E-state index < -0.39 is 11.6 Å². The number of ether oxygens (including phenoxy) is 4. The zero-order chi connectivity index (χ0) is 32.9. The quantitative estimate of drug-likeness (QED) is 0.159. The van der Waals surface area contributed by atoms with Gasteiger partial charge in [-0.05, 0) is 72.5 Å². The Morgan fingerprint density at radius 1 is 0.957 bits per heavy atom. The number of fused-ring (bicyclic) bond motifs is 1. The SMILES string of the molecule is Cc1c(-c2ccc3c(c2)OCCO3)cccc1C(F)(F)Oc1cc(OCc2cccc(C#N)c2)c(CNC(C)(CO)CO)cc1Cl. The minimum absolute atomic E-state index is 0.0218. The second kappa shape index (κ2) is 13.9. The van der Waals surface area contributed by atoms with E-state index in [9.17, 15) is 15.5 Å². The van der Waals surface area contributed by atoms with E-state index in [2.05, 4.69) is 11.4 Å². The van der Waals surface area contributed by atoms with Gasteiger partial charge in [0.05, 0.1) is 41.0 Å². The summed E-state index contributed by atoms with van der Waals surface area (Å²) in [6.45, 7) is 3.46. The summed E-state index contributed by atoms with van der Waals surface area (Å²) in [6, 6.07) is 21.5. The second-order valence-corrected chi connectivity index (χ2v) is 11.6. The number of alkyl halides is 2. The number of nitrogens with one attached hydrogen (secondary N) is 1. The van der Waals surface area contributed by atoms with Crippen LogP contribution in [0.15, 0.2) is 72.8 Å². The van der Waals surface area contributed by atoms with Crippen molar-refractivity contribution in [3.05, 3.63) is 106 Å². The van der Waals surface area contributed by atoms with Crippen LogP contribution in [0.2, 0.25) is 5.02 Å². The zero-order valence-electron chi connectivity index (χ0n) is 25.3. The molecule has 1 heterocycles. The third kappa shape index (κ3) is 7.35. The number of halogens is 3. The van der Waals surface area contributed by atoms with Crippen LogP contribution in [0.1, 0.15) is 34.7 Å². The summed E-state index contributed by atoms with van der Waals surface area (Å²) in [6.07, 6.45) is -3.79. The molecule has 0 bridgehead atoms. The Balaban J connectivity index is 1.45. The van der Waals surface area contributed by atoms with E-state index in [4.69, 9.17) is 30.5 Å². The Morgan fingerprint density at radius 3 is 2.43 bits per heavy atom. The molecule has 240 valence electrons. The Bertz CT molecular complexity index is 1760. The number of benzene rings is 4. The van der Waals surface area contributed by atoms with Gasteiger partial charge in [0.25, 0.3) is 0 Å². The van der Waals surface area contributed by atoms with E-state index in [0.717, 1.165) is 0 Å². The van der Waals surface area contributed by atoms with E-state index >= 15 is 8.78 Å². The molecule has 0 spiro atoms. The molecule has 4 aromatic rings. The van der Waals surface area contributed by atoms with Crippen molar-refractivity contribution in [3.63, 3.8) is 0 Å². The normalized spacial score (nSPS) is 12.8. The number of nitriles is 1. The van der Waals surface area contributed by atoms with Crippen LogP contribution in [0.4, 0.5) is 8.78 Å². The molecule has 8 nitrogen and oxygen atoms in total. The number of rotatable bonds is 12. The second-order valence-electron chi connectivity index (χ2n) is 11.2. The van der Waals surface area contributed by atoms with Crippen LogP contribution in [0.5, 0.6) is 23.0 Å². The molecule has 4 aromatic carbocycles. The van der Waals surface area contributed by atoms with Gasteiger partial charge in [0, 0.05) is 18.2 Å². The molecule has 0 radical (unpaired) electrons. The summed E-state index contributed by atoms with van der Waals surface area (Å²) in [5.74, 6) is 1.01. The molecule has 0 fully saturated rings. The van der Waals surface area contributed by atoms with Crippen LogP contribution in [-0.2, 0) is 19.3 Å². The summed E-state index contributed by atoms with van der Waals surface area (Å²) in [5, 5.41) is 31.6. The van der Waals surface area contributed by atoms with Crippen molar-refractivity contribution in [1.29, 1.82) is 5.26 Å². The van der Waals surface area contributed by atoms with Gasteiger partial charge in [0.15, 0.2) is 11.5 Å². The molecule has 46 heavy (non-hydrogen) atoms. The fraction of sp³-hybridized carbons (Fsp3) is 0.286. The van der Waals surface area contributed by atoms with Crippen LogP contribution in [0, 0.1) is 18.3 Å². The maximum atomic E-state index is 15.9. The molecule has 0 aromatic heterocycles. The summed E-state index contributed by atoms with van der Waals surface area (Å²) in [4.78, 5) is 0. The lowest BCUT2D eigenvalue weighted by Gasteiger charge is -2.27. The van der Waals surface area contributed by atoms with E-state index in [1.165, 1.54) is 24.3 Å². The van der Waals surface area contributed by atoms with Crippen LogP contribution >= 0.6 is 11.6 Å². The van der Waals surface area contributed by atoms with Crippen molar-refractivity contribution in [3.8, 4) is 40.2 Å². The lowest BCUT2D eigenvalue weighted by atomic mass is 9.95. The van der Waals surface area contributed by atoms with E-state index in [-0.39, 0.29) is 48.5 Å². The molecule has 3 N–H and O–H groups in total. The molecule has 0 saturated heterocycles. The monoisotopic (exact) mass is 650 g/mol. The molecule has 0 unspecified atom stereocenters. The van der Waals surface area contributed by atoms with Crippen LogP contribution in [-0.4, -0.2) is 42.2 Å².